The van der Waals surface area contributed by atoms with Gasteiger partial charge in [-0.3, -0.25) is 9.59 Å². The summed E-state index contributed by atoms with van der Waals surface area (Å²) in [5.74, 6) is -2.63. The maximum absolute atomic E-state index is 12.6. The summed E-state index contributed by atoms with van der Waals surface area (Å²) in [7, 11) is 0. The van der Waals surface area contributed by atoms with Gasteiger partial charge in [0.25, 0.3) is 0 Å². The van der Waals surface area contributed by atoms with E-state index in [9.17, 15) is 19.5 Å². The Labute approximate surface area is 125 Å². The molecule has 22 heavy (non-hydrogen) atoms. The summed E-state index contributed by atoms with van der Waals surface area (Å²) in [5, 5.41) is 18.7. The minimum absolute atomic E-state index is 0.114. The molecule has 2 aliphatic carbocycles. The first-order valence-corrected chi connectivity index (χ1v) is 7.11. The van der Waals surface area contributed by atoms with E-state index in [4.69, 9.17) is 5.11 Å². The molecule has 112 valence electrons. The molecule has 3 aliphatic rings. The molecule has 2 amide bonds. The Morgan fingerprint density at radius 3 is 2.18 bits per heavy atom. The monoisotopic (exact) mass is 299 g/mol. The van der Waals surface area contributed by atoms with Crippen molar-refractivity contribution in [1.82, 2.24) is 0 Å². The Morgan fingerprint density at radius 2 is 1.68 bits per heavy atom. The van der Waals surface area contributed by atoms with E-state index in [1.807, 2.05) is 12.2 Å². The number of allylic oxidation sites excluding steroid dienone is 2. The predicted molar refractivity (Wildman–Crippen MR) is 75.3 cm³/mol. The molecule has 2 fully saturated rings. The topological polar surface area (TPSA) is 94.9 Å². The number of benzene rings is 1. The summed E-state index contributed by atoms with van der Waals surface area (Å²) < 4.78 is 0. The fourth-order valence-electron chi connectivity index (χ4n) is 4.00. The van der Waals surface area contributed by atoms with E-state index in [2.05, 4.69) is 0 Å². The zero-order chi connectivity index (χ0) is 15.6. The number of imide groups is 1. The molecule has 6 heteroatoms. The van der Waals surface area contributed by atoms with Crippen LogP contribution in [0.15, 0.2) is 30.4 Å². The van der Waals surface area contributed by atoms with Crippen LogP contribution in [-0.4, -0.2) is 28.0 Å². The van der Waals surface area contributed by atoms with Crippen molar-refractivity contribution in [2.45, 2.75) is 6.42 Å². The van der Waals surface area contributed by atoms with E-state index in [0.29, 0.717) is 0 Å². The Hall–Kier alpha value is -2.63. The molecule has 1 aliphatic heterocycles. The lowest BCUT2D eigenvalue weighted by atomic mass is 9.85. The van der Waals surface area contributed by atoms with Crippen LogP contribution in [0.2, 0.25) is 0 Å². The molecule has 0 aromatic heterocycles. The van der Waals surface area contributed by atoms with Gasteiger partial charge in [0.15, 0.2) is 0 Å². The quantitative estimate of drug-likeness (QED) is 0.636. The van der Waals surface area contributed by atoms with Crippen molar-refractivity contribution in [3.05, 3.63) is 35.9 Å². The standard InChI is InChI=1S/C16H13NO5/c18-11-6-9(3-4-10(11)16(21)22)17-14(19)12-7-1-2-8(5-7)13(12)15(17)20/h1-4,6-8,12-13,18H,5H2,(H,21,22)/t7-,8-,12-,13-/m0/s1. The van der Waals surface area contributed by atoms with Gasteiger partial charge in [-0.05, 0) is 30.4 Å². The zero-order valence-corrected chi connectivity index (χ0v) is 11.5. The molecule has 6 nitrogen and oxygen atoms in total. The van der Waals surface area contributed by atoms with Crippen LogP contribution in [0.3, 0.4) is 0 Å². The number of carbonyl (C=O) groups is 3. The van der Waals surface area contributed by atoms with E-state index < -0.39 is 11.7 Å². The fraction of sp³-hybridized carbons (Fsp3) is 0.312. The number of rotatable bonds is 2. The summed E-state index contributed by atoms with van der Waals surface area (Å²) in [5.41, 5.74) is -0.0314. The van der Waals surface area contributed by atoms with Crippen molar-refractivity contribution >= 4 is 23.5 Å². The van der Waals surface area contributed by atoms with Gasteiger partial charge in [0, 0.05) is 6.07 Å². The second-order valence-electron chi connectivity index (χ2n) is 6.02. The van der Waals surface area contributed by atoms with Gasteiger partial charge in [-0.1, -0.05) is 12.2 Å². The molecule has 1 aromatic rings. The number of fused-ring (bicyclic) bond motifs is 5. The van der Waals surface area contributed by atoms with Crippen LogP contribution >= 0.6 is 0 Å². The summed E-state index contributed by atoms with van der Waals surface area (Å²) in [4.78, 5) is 37.2. The van der Waals surface area contributed by atoms with E-state index in [0.717, 1.165) is 17.4 Å². The third-order valence-corrected chi connectivity index (χ3v) is 4.94. The van der Waals surface area contributed by atoms with Crippen molar-refractivity contribution in [1.29, 1.82) is 0 Å². The lowest BCUT2D eigenvalue weighted by Gasteiger charge is -2.17. The van der Waals surface area contributed by atoms with Gasteiger partial charge >= 0.3 is 5.97 Å². The highest BCUT2D eigenvalue weighted by Gasteiger charge is 2.59. The molecule has 4 atom stereocenters. The predicted octanol–water partition coefficient (Wildman–Crippen LogP) is 1.40. The van der Waals surface area contributed by atoms with Crippen LogP contribution < -0.4 is 4.90 Å². The minimum Gasteiger partial charge on any atom is -0.507 e. The van der Waals surface area contributed by atoms with Crippen LogP contribution in [0, 0.1) is 23.7 Å². The lowest BCUT2D eigenvalue weighted by molar-refractivity contribution is -0.123. The van der Waals surface area contributed by atoms with Crippen LogP contribution in [0.1, 0.15) is 16.8 Å². The van der Waals surface area contributed by atoms with Gasteiger partial charge in [-0.2, -0.15) is 0 Å². The van der Waals surface area contributed by atoms with Crippen LogP contribution in [-0.2, 0) is 9.59 Å². The van der Waals surface area contributed by atoms with Crippen molar-refractivity contribution < 1.29 is 24.6 Å². The van der Waals surface area contributed by atoms with Gasteiger partial charge in [-0.15, -0.1) is 0 Å². The number of anilines is 1. The number of hydrogen-bond acceptors (Lipinski definition) is 4. The lowest BCUT2D eigenvalue weighted by Crippen LogP contribution is -2.32. The molecule has 1 aromatic carbocycles. The number of hydrogen-bond donors (Lipinski definition) is 2. The fourth-order valence-corrected chi connectivity index (χ4v) is 4.00. The number of carboxylic acids is 1. The number of phenols is 1. The molecule has 1 saturated carbocycles. The molecular weight excluding hydrogens is 286 g/mol. The van der Waals surface area contributed by atoms with Crippen molar-refractivity contribution in [3.8, 4) is 5.75 Å². The van der Waals surface area contributed by atoms with E-state index in [-0.39, 0.29) is 46.7 Å². The SMILES string of the molecule is O=C(O)c1ccc(N2C(=O)[C@@H]3[C@@H](C2=O)[C@H]2C=C[C@H]3C2)cc1O. The molecule has 0 spiro atoms. The number of carboxylic acid groups (broad SMARTS) is 1. The first-order chi connectivity index (χ1) is 10.5. The Kier molecular flexibility index (Phi) is 2.49. The maximum Gasteiger partial charge on any atom is 0.339 e. The molecule has 0 radical (unpaired) electrons. The van der Waals surface area contributed by atoms with Crippen molar-refractivity contribution in [3.63, 3.8) is 0 Å². The summed E-state index contributed by atoms with van der Waals surface area (Å²) in [6.45, 7) is 0. The van der Waals surface area contributed by atoms with Gasteiger partial charge in [0.05, 0.1) is 17.5 Å². The summed E-state index contributed by atoms with van der Waals surface area (Å²) in [6, 6.07) is 3.75. The van der Waals surface area contributed by atoms with E-state index >= 15 is 0 Å². The van der Waals surface area contributed by atoms with Crippen LogP contribution in [0.5, 0.6) is 5.75 Å². The summed E-state index contributed by atoms with van der Waals surface area (Å²) in [6.07, 6.45) is 4.86. The van der Waals surface area contributed by atoms with Gasteiger partial charge in [0.1, 0.15) is 11.3 Å². The Morgan fingerprint density at radius 1 is 1.09 bits per heavy atom. The first kappa shape index (κ1) is 13.1. The van der Waals surface area contributed by atoms with Gasteiger partial charge < -0.3 is 10.2 Å². The molecule has 2 bridgehead atoms. The van der Waals surface area contributed by atoms with E-state index in [1.165, 1.54) is 12.1 Å². The molecule has 4 rings (SSSR count). The molecule has 1 heterocycles. The first-order valence-electron chi connectivity index (χ1n) is 7.11. The largest absolute Gasteiger partial charge is 0.507 e. The number of carbonyl (C=O) groups excluding carboxylic acids is 2. The summed E-state index contributed by atoms with van der Waals surface area (Å²) >= 11 is 0. The average molecular weight is 299 g/mol. The van der Waals surface area contributed by atoms with Crippen LogP contribution in [0.4, 0.5) is 5.69 Å². The normalized spacial score (nSPS) is 31.9. The van der Waals surface area contributed by atoms with Gasteiger partial charge in [0.2, 0.25) is 11.8 Å². The third kappa shape index (κ3) is 1.52. The minimum atomic E-state index is -1.26. The molecular formula is C16H13NO5. The molecule has 0 unspecified atom stereocenters. The second-order valence-corrected chi connectivity index (χ2v) is 6.02. The second kappa shape index (κ2) is 4.19. The highest BCUT2D eigenvalue weighted by atomic mass is 16.4. The van der Waals surface area contributed by atoms with E-state index in [1.54, 1.807) is 0 Å². The number of aromatic carboxylic acids is 1. The Bertz CT molecular complexity index is 723. The zero-order valence-electron chi connectivity index (χ0n) is 11.5. The number of nitrogens with zero attached hydrogens (tertiary/aromatic N) is 1. The molecule has 2 N–H and O–H groups in total. The average Bonchev–Trinajstić information content (AvgIpc) is 3.12. The van der Waals surface area contributed by atoms with Crippen LogP contribution in [0.25, 0.3) is 0 Å². The Balaban J connectivity index is 1.73. The number of amides is 2. The molecule has 1 saturated heterocycles. The highest BCUT2D eigenvalue weighted by molar-refractivity contribution is 6.23. The van der Waals surface area contributed by atoms with Crippen molar-refractivity contribution in [2.24, 2.45) is 23.7 Å². The van der Waals surface area contributed by atoms with Crippen molar-refractivity contribution in [2.75, 3.05) is 4.90 Å². The maximum atomic E-state index is 12.6. The van der Waals surface area contributed by atoms with Gasteiger partial charge in [-0.25, -0.2) is 9.69 Å². The smallest absolute Gasteiger partial charge is 0.339 e. The third-order valence-electron chi connectivity index (χ3n) is 4.94. The number of aromatic hydroxyl groups is 1. The highest BCUT2D eigenvalue weighted by Crippen LogP contribution is 2.53.